The first-order valence-electron chi connectivity index (χ1n) is 7.96. The van der Waals surface area contributed by atoms with E-state index in [9.17, 15) is 9.18 Å². The van der Waals surface area contributed by atoms with Crippen LogP contribution in [0.1, 0.15) is 11.1 Å². The van der Waals surface area contributed by atoms with Gasteiger partial charge in [-0.15, -0.1) is 0 Å². The SMILES string of the molecule is CN(C)CCN(Cc1ccccc1F)C(=O)Cc1ccc(Cl)c(Cl)c1. The summed E-state index contributed by atoms with van der Waals surface area (Å²) in [5.41, 5.74) is 1.28. The number of hydrogen-bond donors (Lipinski definition) is 0. The van der Waals surface area contributed by atoms with Crippen LogP contribution in [0.4, 0.5) is 4.39 Å². The Morgan fingerprint density at radius 2 is 1.76 bits per heavy atom. The van der Waals surface area contributed by atoms with E-state index in [1.165, 1.54) is 6.07 Å². The van der Waals surface area contributed by atoms with Crippen molar-refractivity contribution in [2.24, 2.45) is 0 Å². The molecule has 0 aliphatic heterocycles. The molecule has 25 heavy (non-hydrogen) atoms. The van der Waals surface area contributed by atoms with E-state index in [0.29, 0.717) is 28.7 Å². The fourth-order valence-corrected chi connectivity index (χ4v) is 2.70. The summed E-state index contributed by atoms with van der Waals surface area (Å²) in [4.78, 5) is 16.4. The van der Waals surface area contributed by atoms with Crippen LogP contribution in [0.25, 0.3) is 0 Å². The zero-order valence-corrected chi connectivity index (χ0v) is 15.8. The fraction of sp³-hybridized carbons (Fsp3) is 0.316. The van der Waals surface area contributed by atoms with Gasteiger partial charge in [0.25, 0.3) is 0 Å². The van der Waals surface area contributed by atoms with Gasteiger partial charge < -0.3 is 9.80 Å². The minimum absolute atomic E-state index is 0.0801. The maximum Gasteiger partial charge on any atom is 0.227 e. The zero-order chi connectivity index (χ0) is 18.4. The number of halogens is 3. The Labute approximate surface area is 157 Å². The summed E-state index contributed by atoms with van der Waals surface area (Å²) in [6, 6.07) is 11.7. The molecular formula is C19H21Cl2FN2O. The summed E-state index contributed by atoms with van der Waals surface area (Å²) < 4.78 is 14.0. The number of carbonyl (C=O) groups excluding carboxylic acids is 1. The number of benzene rings is 2. The number of likely N-dealkylation sites (N-methyl/N-ethyl adjacent to an activating group) is 1. The Hall–Kier alpha value is -1.62. The molecule has 0 fully saturated rings. The number of nitrogens with zero attached hydrogens (tertiary/aromatic N) is 2. The standard InChI is InChI=1S/C19H21Cl2FN2O/c1-23(2)9-10-24(13-15-5-3-4-6-18(15)22)19(25)12-14-7-8-16(20)17(21)11-14/h3-8,11H,9-10,12-13H2,1-2H3. The Kier molecular flexibility index (Phi) is 7.24. The molecule has 0 atom stereocenters. The summed E-state index contributed by atoms with van der Waals surface area (Å²) >= 11 is 11.9. The van der Waals surface area contributed by atoms with Crippen molar-refractivity contribution >= 4 is 29.1 Å². The second kappa shape index (κ2) is 9.18. The highest BCUT2D eigenvalue weighted by Gasteiger charge is 2.17. The van der Waals surface area contributed by atoms with Gasteiger partial charge in [-0.05, 0) is 37.9 Å². The molecule has 0 bridgehead atoms. The van der Waals surface area contributed by atoms with Crippen LogP contribution in [0.5, 0.6) is 0 Å². The molecule has 2 aromatic rings. The highest BCUT2D eigenvalue weighted by Crippen LogP contribution is 2.23. The molecule has 0 unspecified atom stereocenters. The average Bonchev–Trinajstić information content (AvgIpc) is 2.56. The van der Waals surface area contributed by atoms with Crippen molar-refractivity contribution in [3.05, 3.63) is 69.5 Å². The van der Waals surface area contributed by atoms with Crippen LogP contribution in [0, 0.1) is 5.82 Å². The topological polar surface area (TPSA) is 23.6 Å². The first-order chi connectivity index (χ1) is 11.9. The van der Waals surface area contributed by atoms with Crippen molar-refractivity contribution in [1.29, 1.82) is 0 Å². The van der Waals surface area contributed by atoms with Crippen LogP contribution >= 0.6 is 23.2 Å². The number of rotatable bonds is 7. The van der Waals surface area contributed by atoms with Crippen LogP contribution in [0.2, 0.25) is 10.0 Å². The molecule has 2 rings (SSSR count). The summed E-state index contributed by atoms with van der Waals surface area (Å²) in [5.74, 6) is -0.386. The van der Waals surface area contributed by atoms with Crippen molar-refractivity contribution < 1.29 is 9.18 Å². The Balaban J connectivity index is 2.14. The predicted molar refractivity (Wildman–Crippen MR) is 101 cm³/mol. The third-order valence-corrected chi connectivity index (χ3v) is 4.57. The highest BCUT2D eigenvalue weighted by molar-refractivity contribution is 6.42. The molecule has 0 N–H and O–H groups in total. The van der Waals surface area contributed by atoms with Gasteiger partial charge in [-0.3, -0.25) is 4.79 Å². The fourth-order valence-electron chi connectivity index (χ4n) is 2.38. The normalized spacial score (nSPS) is 11.0. The Morgan fingerprint density at radius 3 is 2.40 bits per heavy atom. The van der Waals surface area contributed by atoms with Crippen LogP contribution < -0.4 is 0 Å². The molecule has 1 amide bonds. The van der Waals surface area contributed by atoms with E-state index in [4.69, 9.17) is 23.2 Å². The second-order valence-electron chi connectivity index (χ2n) is 6.14. The van der Waals surface area contributed by atoms with Gasteiger partial charge >= 0.3 is 0 Å². The second-order valence-corrected chi connectivity index (χ2v) is 6.95. The lowest BCUT2D eigenvalue weighted by atomic mass is 10.1. The van der Waals surface area contributed by atoms with Gasteiger partial charge in [-0.1, -0.05) is 47.5 Å². The third kappa shape index (κ3) is 5.99. The predicted octanol–water partition coefficient (Wildman–Crippen LogP) is 4.27. The molecule has 0 spiro atoms. The van der Waals surface area contributed by atoms with E-state index in [2.05, 4.69) is 0 Å². The minimum atomic E-state index is -0.306. The first-order valence-corrected chi connectivity index (χ1v) is 8.72. The average molecular weight is 383 g/mol. The summed E-state index contributed by atoms with van der Waals surface area (Å²) in [7, 11) is 3.87. The van der Waals surface area contributed by atoms with Gasteiger partial charge in [0.05, 0.1) is 16.5 Å². The maximum absolute atomic E-state index is 14.0. The van der Waals surface area contributed by atoms with Crippen LogP contribution in [-0.4, -0.2) is 42.9 Å². The molecule has 0 aliphatic rings. The van der Waals surface area contributed by atoms with Crippen LogP contribution in [-0.2, 0) is 17.8 Å². The van der Waals surface area contributed by atoms with E-state index in [-0.39, 0.29) is 24.7 Å². The summed E-state index contributed by atoms with van der Waals surface area (Å²) in [6.07, 6.45) is 0.193. The molecular weight excluding hydrogens is 362 g/mol. The zero-order valence-electron chi connectivity index (χ0n) is 14.3. The first kappa shape index (κ1) is 19.7. The molecule has 0 heterocycles. The van der Waals surface area contributed by atoms with E-state index < -0.39 is 0 Å². The molecule has 134 valence electrons. The van der Waals surface area contributed by atoms with Crippen LogP contribution in [0.3, 0.4) is 0 Å². The van der Waals surface area contributed by atoms with Crippen molar-refractivity contribution in [3.8, 4) is 0 Å². The van der Waals surface area contributed by atoms with E-state index in [1.807, 2.05) is 19.0 Å². The summed E-state index contributed by atoms with van der Waals surface area (Å²) in [5, 5.41) is 0.870. The van der Waals surface area contributed by atoms with Gasteiger partial charge in [0.1, 0.15) is 5.82 Å². The summed E-state index contributed by atoms with van der Waals surface area (Å²) in [6.45, 7) is 1.45. The van der Waals surface area contributed by atoms with Crippen molar-refractivity contribution in [1.82, 2.24) is 9.80 Å². The van der Waals surface area contributed by atoms with Crippen molar-refractivity contribution in [2.75, 3.05) is 27.2 Å². The third-order valence-electron chi connectivity index (χ3n) is 3.83. The lowest BCUT2D eigenvalue weighted by Gasteiger charge is -2.25. The van der Waals surface area contributed by atoms with E-state index in [0.717, 1.165) is 5.56 Å². The number of amides is 1. The van der Waals surface area contributed by atoms with Gasteiger partial charge in [-0.2, -0.15) is 0 Å². The molecule has 0 saturated carbocycles. The lowest BCUT2D eigenvalue weighted by Crippen LogP contribution is -2.37. The van der Waals surface area contributed by atoms with Gasteiger partial charge in [0.2, 0.25) is 5.91 Å². The van der Waals surface area contributed by atoms with Crippen molar-refractivity contribution in [3.63, 3.8) is 0 Å². The highest BCUT2D eigenvalue weighted by atomic mass is 35.5. The minimum Gasteiger partial charge on any atom is -0.337 e. The lowest BCUT2D eigenvalue weighted by molar-refractivity contribution is -0.131. The monoisotopic (exact) mass is 382 g/mol. The van der Waals surface area contributed by atoms with Gasteiger partial charge in [0, 0.05) is 25.2 Å². The maximum atomic E-state index is 14.0. The number of carbonyl (C=O) groups is 1. The molecule has 6 heteroatoms. The van der Waals surface area contributed by atoms with Crippen LogP contribution in [0.15, 0.2) is 42.5 Å². The molecule has 0 radical (unpaired) electrons. The Morgan fingerprint density at radius 1 is 1.04 bits per heavy atom. The number of hydrogen-bond acceptors (Lipinski definition) is 2. The molecule has 0 aromatic heterocycles. The largest absolute Gasteiger partial charge is 0.337 e. The quantitative estimate of drug-likeness (QED) is 0.713. The van der Waals surface area contributed by atoms with Gasteiger partial charge in [-0.25, -0.2) is 4.39 Å². The Bertz CT molecular complexity index is 737. The van der Waals surface area contributed by atoms with E-state index in [1.54, 1.807) is 41.3 Å². The van der Waals surface area contributed by atoms with Crippen molar-refractivity contribution in [2.45, 2.75) is 13.0 Å². The molecule has 2 aromatic carbocycles. The van der Waals surface area contributed by atoms with Gasteiger partial charge in [0.15, 0.2) is 0 Å². The molecule has 0 aliphatic carbocycles. The van der Waals surface area contributed by atoms with E-state index >= 15 is 0 Å². The molecule has 0 saturated heterocycles. The molecule has 3 nitrogen and oxygen atoms in total. The smallest absolute Gasteiger partial charge is 0.227 e.